The number of aliphatic hydroxyl groups is 1. The number of carbonyl (C=O) groups is 1. The maximum Gasteiger partial charge on any atom is 1.00 e. The molecule has 0 radical (unpaired) electrons. The molecule has 0 fully saturated rings. The molecule has 102 valence electrons. The normalized spacial score (nSPS) is 11.9. The predicted octanol–water partition coefficient (Wildman–Crippen LogP) is -0.588. The number of carboxylic acids is 1. The van der Waals surface area contributed by atoms with E-state index in [1.54, 1.807) is 0 Å². The molecule has 18 heavy (non-hydrogen) atoms. The molecule has 0 bridgehead atoms. The van der Waals surface area contributed by atoms with Gasteiger partial charge in [0.1, 0.15) is 0 Å². The van der Waals surface area contributed by atoms with Crippen molar-refractivity contribution in [2.24, 2.45) is 0 Å². The maximum absolute atomic E-state index is 10.2. The average molecular weight is 282 g/mol. The van der Waals surface area contributed by atoms with Gasteiger partial charge in [-0.3, -0.25) is 0 Å². The van der Waals surface area contributed by atoms with Crippen LogP contribution < -0.4 is 56.5 Å². The van der Waals surface area contributed by atoms with E-state index in [4.69, 9.17) is 0 Å². The van der Waals surface area contributed by atoms with Gasteiger partial charge in [0, 0.05) is 5.97 Å². The molecule has 0 heterocycles. The van der Waals surface area contributed by atoms with E-state index in [1.807, 2.05) is 0 Å². The van der Waals surface area contributed by atoms with Gasteiger partial charge in [0.15, 0.2) is 0 Å². The number of carboxylic acid groups (broad SMARTS) is 1. The molecule has 3 nitrogen and oxygen atoms in total. The summed E-state index contributed by atoms with van der Waals surface area (Å²) in [6.45, 7) is 2.22. The number of hydrogen-bond donors (Lipinski definition) is 1. The van der Waals surface area contributed by atoms with Gasteiger partial charge in [-0.2, -0.15) is 0 Å². The number of aliphatic hydroxyl groups excluding tert-OH is 1. The van der Waals surface area contributed by atoms with Crippen LogP contribution in [-0.4, -0.2) is 17.2 Å². The van der Waals surface area contributed by atoms with Crippen LogP contribution in [0.15, 0.2) is 0 Å². The summed E-state index contributed by atoms with van der Waals surface area (Å²) in [5.41, 5.74) is 0. The van der Waals surface area contributed by atoms with Gasteiger partial charge in [0.05, 0.1) is 6.10 Å². The predicted molar refractivity (Wildman–Crippen MR) is 67.5 cm³/mol. The quantitative estimate of drug-likeness (QED) is 0.384. The largest absolute Gasteiger partial charge is 1.00 e. The molecular formula is C14H27KO3. The summed E-state index contributed by atoms with van der Waals surface area (Å²) in [6.07, 6.45) is 10.5. The standard InChI is InChI=1S/C14H28O3.K/c1-2-3-4-5-6-7-8-9-10-13(15)11-12-14(16)17;/h13,15H,2-12H2,1H3,(H,16,17);/q;+1/p-1. The molecule has 0 aromatic heterocycles. The van der Waals surface area contributed by atoms with E-state index >= 15 is 0 Å². The van der Waals surface area contributed by atoms with Crippen LogP contribution in [0.25, 0.3) is 0 Å². The summed E-state index contributed by atoms with van der Waals surface area (Å²) < 4.78 is 0. The molecule has 0 saturated carbocycles. The van der Waals surface area contributed by atoms with Crippen LogP contribution in [0, 0.1) is 0 Å². The van der Waals surface area contributed by atoms with E-state index in [2.05, 4.69) is 6.92 Å². The van der Waals surface area contributed by atoms with Crippen LogP contribution >= 0.6 is 0 Å². The Morgan fingerprint density at radius 3 is 2.00 bits per heavy atom. The van der Waals surface area contributed by atoms with E-state index in [0.717, 1.165) is 19.3 Å². The topological polar surface area (TPSA) is 60.4 Å². The first kappa shape index (κ1) is 21.4. The molecule has 1 unspecified atom stereocenters. The van der Waals surface area contributed by atoms with Gasteiger partial charge in [0.25, 0.3) is 0 Å². The first-order valence-corrected chi connectivity index (χ1v) is 7.04. The van der Waals surface area contributed by atoms with E-state index in [0.29, 0.717) is 6.42 Å². The second-order valence-corrected chi connectivity index (χ2v) is 4.83. The maximum atomic E-state index is 10.2. The number of rotatable bonds is 12. The Bertz CT molecular complexity index is 186. The molecule has 4 heteroatoms. The van der Waals surface area contributed by atoms with Crippen molar-refractivity contribution in [3.8, 4) is 0 Å². The fourth-order valence-electron chi connectivity index (χ4n) is 1.94. The molecule has 0 aliphatic carbocycles. The minimum atomic E-state index is -1.07. The molecule has 0 aliphatic rings. The summed E-state index contributed by atoms with van der Waals surface area (Å²) in [6, 6.07) is 0. The van der Waals surface area contributed by atoms with E-state index in [1.165, 1.54) is 38.5 Å². The zero-order valence-corrected chi connectivity index (χ0v) is 15.2. The molecule has 0 spiro atoms. The van der Waals surface area contributed by atoms with Gasteiger partial charge >= 0.3 is 51.4 Å². The Labute approximate surface area is 154 Å². The van der Waals surface area contributed by atoms with Crippen LogP contribution in [0.3, 0.4) is 0 Å². The van der Waals surface area contributed by atoms with Crippen molar-refractivity contribution in [2.75, 3.05) is 0 Å². The van der Waals surface area contributed by atoms with Gasteiger partial charge < -0.3 is 15.0 Å². The minimum Gasteiger partial charge on any atom is -0.550 e. The third-order valence-electron chi connectivity index (χ3n) is 3.07. The average Bonchev–Trinajstić information content (AvgIpc) is 2.30. The minimum absolute atomic E-state index is 0. The Hall–Kier alpha value is 1.07. The first-order valence-electron chi connectivity index (χ1n) is 7.04. The smallest absolute Gasteiger partial charge is 0.550 e. The molecule has 0 amide bonds. The van der Waals surface area contributed by atoms with Crippen molar-refractivity contribution in [2.45, 2.75) is 83.7 Å². The van der Waals surface area contributed by atoms with Crippen molar-refractivity contribution in [1.29, 1.82) is 0 Å². The van der Waals surface area contributed by atoms with Gasteiger partial charge in [-0.15, -0.1) is 0 Å². The van der Waals surface area contributed by atoms with E-state index in [-0.39, 0.29) is 57.8 Å². The molecule has 1 N–H and O–H groups in total. The zero-order chi connectivity index (χ0) is 12.9. The van der Waals surface area contributed by atoms with Crippen LogP contribution in [-0.2, 0) is 4.79 Å². The third-order valence-corrected chi connectivity index (χ3v) is 3.07. The second-order valence-electron chi connectivity index (χ2n) is 4.83. The van der Waals surface area contributed by atoms with Gasteiger partial charge in [-0.25, -0.2) is 0 Å². The molecule has 1 atom stereocenters. The molecule has 0 aromatic rings. The molecule has 0 aliphatic heterocycles. The van der Waals surface area contributed by atoms with Gasteiger partial charge in [0.2, 0.25) is 0 Å². The van der Waals surface area contributed by atoms with Crippen LogP contribution in [0.2, 0.25) is 0 Å². The van der Waals surface area contributed by atoms with Crippen molar-refractivity contribution in [3.63, 3.8) is 0 Å². The molecule has 0 aromatic carbocycles. The van der Waals surface area contributed by atoms with Gasteiger partial charge in [-0.1, -0.05) is 58.3 Å². The SMILES string of the molecule is CCCCCCCCCCC(O)CCC(=O)[O-].[K+]. The monoisotopic (exact) mass is 282 g/mol. The number of unbranched alkanes of at least 4 members (excludes halogenated alkanes) is 7. The van der Waals surface area contributed by atoms with E-state index in [9.17, 15) is 15.0 Å². The molecule has 0 rings (SSSR count). The Balaban J connectivity index is 0. The summed E-state index contributed by atoms with van der Waals surface area (Å²) in [5.74, 6) is -1.07. The van der Waals surface area contributed by atoms with Crippen molar-refractivity contribution < 1.29 is 66.4 Å². The van der Waals surface area contributed by atoms with E-state index < -0.39 is 12.1 Å². The van der Waals surface area contributed by atoms with Crippen molar-refractivity contribution in [1.82, 2.24) is 0 Å². The number of aliphatic carboxylic acids is 1. The zero-order valence-electron chi connectivity index (χ0n) is 12.1. The second kappa shape index (κ2) is 16.1. The molecule has 0 saturated heterocycles. The summed E-state index contributed by atoms with van der Waals surface area (Å²) in [4.78, 5) is 10.2. The van der Waals surface area contributed by atoms with Crippen molar-refractivity contribution in [3.05, 3.63) is 0 Å². The molecular weight excluding hydrogens is 255 g/mol. The number of hydrogen-bond acceptors (Lipinski definition) is 3. The van der Waals surface area contributed by atoms with Crippen LogP contribution in [0.4, 0.5) is 0 Å². The first-order chi connectivity index (χ1) is 8.16. The summed E-state index contributed by atoms with van der Waals surface area (Å²) in [5, 5.41) is 19.7. The third kappa shape index (κ3) is 17.1. The number of carbonyl (C=O) groups excluding carboxylic acids is 1. The van der Waals surface area contributed by atoms with Crippen molar-refractivity contribution >= 4 is 5.97 Å². The van der Waals surface area contributed by atoms with Gasteiger partial charge in [-0.05, 0) is 19.3 Å². The Kier molecular flexibility index (Phi) is 19.1. The fraction of sp³-hybridized carbons (Fsp3) is 0.929. The Morgan fingerprint density at radius 1 is 1.00 bits per heavy atom. The van der Waals surface area contributed by atoms with Crippen LogP contribution in [0.5, 0.6) is 0 Å². The summed E-state index contributed by atoms with van der Waals surface area (Å²) in [7, 11) is 0. The Morgan fingerprint density at radius 2 is 1.50 bits per heavy atom. The summed E-state index contributed by atoms with van der Waals surface area (Å²) >= 11 is 0. The fourth-order valence-corrected chi connectivity index (χ4v) is 1.94. The van der Waals surface area contributed by atoms with Crippen LogP contribution in [0.1, 0.15) is 77.6 Å².